The highest BCUT2D eigenvalue weighted by molar-refractivity contribution is 9.08. The average Bonchev–Trinajstić information content (AvgIpc) is 3.09. The fraction of sp³-hybridized carbons (Fsp3) is 0.571. The molecule has 0 amide bonds. The minimum atomic E-state index is -0.228. The second-order valence-electron chi connectivity index (χ2n) is 5.26. The van der Waals surface area contributed by atoms with E-state index in [0.29, 0.717) is 31.8 Å². The lowest BCUT2D eigenvalue weighted by Crippen LogP contribution is -2.34. The molecular formula is C14H18BBrO4. The largest absolute Gasteiger partial charge is 0.494 e. The Morgan fingerprint density at radius 2 is 2.00 bits per heavy atom. The Labute approximate surface area is 127 Å². The molecule has 1 N–H and O–H groups in total. The maximum Gasteiger partial charge on any atom is 0.494 e. The topological polar surface area (TPSA) is 47.9 Å². The molecule has 108 valence electrons. The number of aliphatic hydroxyl groups excluding tert-OH is 1. The van der Waals surface area contributed by atoms with Crippen molar-refractivity contribution >= 4 is 28.5 Å². The molecule has 1 aromatic rings. The van der Waals surface area contributed by atoms with E-state index in [0.717, 1.165) is 22.8 Å². The first-order valence-corrected chi connectivity index (χ1v) is 8.10. The van der Waals surface area contributed by atoms with Crippen molar-refractivity contribution in [3.8, 4) is 0 Å². The standard InChI is InChI=1S/C14H18BBrO4/c16-8-10-4-11(9-18-3-1-2-17)6-12(5-10)15-19-13-7-14(13)20-15/h4-6,13-14,17H,1-3,7-9H2. The smallest absolute Gasteiger partial charge is 0.402 e. The van der Waals surface area contributed by atoms with Gasteiger partial charge in [-0.15, -0.1) is 0 Å². The van der Waals surface area contributed by atoms with Crippen LogP contribution in [0, 0.1) is 0 Å². The van der Waals surface area contributed by atoms with E-state index in [-0.39, 0.29) is 13.7 Å². The molecule has 1 aliphatic heterocycles. The molecule has 20 heavy (non-hydrogen) atoms. The van der Waals surface area contributed by atoms with Gasteiger partial charge in [0.1, 0.15) is 0 Å². The van der Waals surface area contributed by atoms with Gasteiger partial charge in [-0.1, -0.05) is 34.1 Å². The Balaban J connectivity index is 1.66. The Bertz CT molecular complexity index is 460. The van der Waals surface area contributed by atoms with E-state index < -0.39 is 0 Å². The number of hydrogen-bond acceptors (Lipinski definition) is 4. The number of fused-ring (bicyclic) bond motifs is 1. The van der Waals surface area contributed by atoms with Gasteiger partial charge in [0.05, 0.1) is 18.8 Å². The van der Waals surface area contributed by atoms with Crippen molar-refractivity contribution in [3.05, 3.63) is 29.3 Å². The van der Waals surface area contributed by atoms with Gasteiger partial charge in [0.15, 0.2) is 0 Å². The minimum absolute atomic E-state index is 0.166. The third kappa shape index (κ3) is 3.43. The van der Waals surface area contributed by atoms with Gasteiger partial charge in [-0.05, 0) is 23.0 Å². The SMILES string of the molecule is OCCCOCc1cc(CBr)cc(B2OC3CC3O2)c1. The molecule has 1 heterocycles. The Morgan fingerprint density at radius 3 is 2.70 bits per heavy atom. The summed E-state index contributed by atoms with van der Waals surface area (Å²) < 4.78 is 17.2. The first kappa shape index (κ1) is 14.5. The summed E-state index contributed by atoms with van der Waals surface area (Å²) in [5.41, 5.74) is 3.37. The minimum Gasteiger partial charge on any atom is -0.402 e. The van der Waals surface area contributed by atoms with Gasteiger partial charge in [-0.3, -0.25) is 0 Å². The molecule has 2 atom stereocenters. The number of halogens is 1. The molecule has 0 bridgehead atoms. The molecular weight excluding hydrogens is 323 g/mol. The van der Waals surface area contributed by atoms with E-state index in [2.05, 4.69) is 34.1 Å². The molecule has 2 fully saturated rings. The van der Waals surface area contributed by atoms with Crippen molar-refractivity contribution in [3.63, 3.8) is 0 Å². The van der Waals surface area contributed by atoms with E-state index in [9.17, 15) is 0 Å². The molecule has 0 spiro atoms. The predicted octanol–water partition coefficient (Wildman–Crippen LogP) is 1.36. The maximum absolute atomic E-state index is 8.74. The summed E-state index contributed by atoms with van der Waals surface area (Å²) in [7, 11) is -0.228. The van der Waals surface area contributed by atoms with Gasteiger partial charge >= 0.3 is 7.12 Å². The lowest BCUT2D eigenvalue weighted by molar-refractivity contribution is 0.104. The van der Waals surface area contributed by atoms with E-state index in [4.69, 9.17) is 19.2 Å². The van der Waals surface area contributed by atoms with Crippen molar-refractivity contribution in [1.82, 2.24) is 0 Å². The Hall–Kier alpha value is -0.395. The summed E-state index contributed by atoms with van der Waals surface area (Å²) in [6.07, 6.45) is 2.31. The summed E-state index contributed by atoms with van der Waals surface area (Å²) in [5, 5.41) is 9.54. The molecule has 2 unspecified atom stereocenters. The molecule has 2 aliphatic rings. The van der Waals surface area contributed by atoms with Crippen molar-refractivity contribution in [2.75, 3.05) is 13.2 Å². The number of benzene rings is 1. The highest BCUT2D eigenvalue weighted by Crippen LogP contribution is 2.36. The zero-order valence-electron chi connectivity index (χ0n) is 11.3. The van der Waals surface area contributed by atoms with Crippen LogP contribution in [-0.2, 0) is 26.0 Å². The molecule has 1 aliphatic carbocycles. The number of aliphatic hydroxyl groups is 1. The van der Waals surface area contributed by atoms with Crippen LogP contribution in [0.4, 0.5) is 0 Å². The second-order valence-corrected chi connectivity index (χ2v) is 5.82. The lowest BCUT2D eigenvalue weighted by Gasteiger charge is -2.12. The van der Waals surface area contributed by atoms with Crippen LogP contribution in [-0.4, -0.2) is 37.6 Å². The highest BCUT2D eigenvalue weighted by atomic mass is 79.9. The van der Waals surface area contributed by atoms with Crippen molar-refractivity contribution in [2.45, 2.75) is 37.0 Å². The van der Waals surface area contributed by atoms with Gasteiger partial charge in [-0.2, -0.15) is 0 Å². The summed E-state index contributed by atoms with van der Waals surface area (Å²) in [5.74, 6) is 0. The monoisotopic (exact) mass is 340 g/mol. The van der Waals surface area contributed by atoms with Gasteiger partial charge in [0.2, 0.25) is 0 Å². The van der Waals surface area contributed by atoms with E-state index in [1.54, 1.807) is 0 Å². The van der Waals surface area contributed by atoms with Crippen LogP contribution in [0.2, 0.25) is 0 Å². The van der Waals surface area contributed by atoms with Gasteiger partial charge in [0, 0.05) is 25.0 Å². The number of hydrogen-bond donors (Lipinski definition) is 1. The van der Waals surface area contributed by atoms with Crippen molar-refractivity contribution in [1.29, 1.82) is 0 Å². The molecule has 0 radical (unpaired) electrons. The van der Waals surface area contributed by atoms with E-state index in [1.807, 2.05) is 0 Å². The fourth-order valence-corrected chi connectivity index (χ4v) is 2.71. The van der Waals surface area contributed by atoms with Crippen LogP contribution in [0.25, 0.3) is 0 Å². The van der Waals surface area contributed by atoms with Crippen LogP contribution >= 0.6 is 15.9 Å². The lowest BCUT2D eigenvalue weighted by atomic mass is 9.77. The Kier molecular flexibility index (Phi) is 4.78. The fourth-order valence-electron chi connectivity index (χ4n) is 2.39. The predicted molar refractivity (Wildman–Crippen MR) is 80.2 cm³/mol. The van der Waals surface area contributed by atoms with Gasteiger partial charge in [-0.25, -0.2) is 0 Å². The van der Waals surface area contributed by atoms with Crippen LogP contribution in [0.3, 0.4) is 0 Å². The highest BCUT2D eigenvalue weighted by Gasteiger charge is 2.51. The zero-order valence-corrected chi connectivity index (χ0v) is 12.8. The maximum atomic E-state index is 8.74. The van der Waals surface area contributed by atoms with E-state index in [1.165, 1.54) is 5.56 Å². The molecule has 0 aromatic heterocycles. The molecule has 1 saturated carbocycles. The first-order valence-electron chi connectivity index (χ1n) is 6.98. The third-order valence-corrected chi connectivity index (χ3v) is 4.14. The first-order chi connectivity index (χ1) is 9.80. The van der Waals surface area contributed by atoms with E-state index >= 15 is 0 Å². The zero-order chi connectivity index (χ0) is 13.9. The van der Waals surface area contributed by atoms with Crippen molar-refractivity contribution < 1.29 is 19.2 Å². The number of ether oxygens (including phenoxy) is 1. The average molecular weight is 341 g/mol. The number of rotatable bonds is 7. The molecule has 1 aromatic carbocycles. The second kappa shape index (κ2) is 6.58. The summed E-state index contributed by atoms with van der Waals surface area (Å²) in [6, 6.07) is 6.31. The van der Waals surface area contributed by atoms with Crippen LogP contribution in [0.15, 0.2) is 18.2 Å². The molecule has 3 rings (SSSR count). The third-order valence-electron chi connectivity index (χ3n) is 3.49. The normalized spacial score (nSPS) is 24.0. The quantitative estimate of drug-likeness (QED) is 0.462. The van der Waals surface area contributed by atoms with Gasteiger partial charge in [0.25, 0.3) is 0 Å². The van der Waals surface area contributed by atoms with Crippen LogP contribution in [0.5, 0.6) is 0 Å². The molecule has 6 heteroatoms. The number of alkyl halides is 1. The molecule has 1 saturated heterocycles. The summed E-state index contributed by atoms with van der Waals surface area (Å²) >= 11 is 3.49. The summed E-state index contributed by atoms with van der Waals surface area (Å²) in [6.45, 7) is 1.29. The van der Waals surface area contributed by atoms with Gasteiger partial charge < -0.3 is 19.2 Å². The van der Waals surface area contributed by atoms with Crippen LogP contribution in [0.1, 0.15) is 24.0 Å². The summed E-state index contributed by atoms with van der Waals surface area (Å²) in [4.78, 5) is 0. The van der Waals surface area contributed by atoms with Crippen molar-refractivity contribution in [2.24, 2.45) is 0 Å². The molecule has 4 nitrogen and oxygen atoms in total. The van der Waals surface area contributed by atoms with Crippen LogP contribution < -0.4 is 5.46 Å². The Morgan fingerprint density at radius 1 is 1.25 bits per heavy atom.